The van der Waals surface area contributed by atoms with Crippen LogP contribution in [0, 0.1) is 18.3 Å². The van der Waals surface area contributed by atoms with Gasteiger partial charge in [0, 0.05) is 23.2 Å². The van der Waals surface area contributed by atoms with Crippen molar-refractivity contribution in [3.05, 3.63) is 69.7 Å². The summed E-state index contributed by atoms with van der Waals surface area (Å²) < 4.78 is 24.9. The highest BCUT2D eigenvalue weighted by Gasteiger charge is 2.22. The number of rotatable bonds is 6. The van der Waals surface area contributed by atoms with E-state index in [2.05, 4.69) is 22.1 Å². The van der Waals surface area contributed by atoms with Crippen molar-refractivity contribution >= 4 is 50.0 Å². The Bertz CT molecular complexity index is 1370. The third-order valence-corrected chi connectivity index (χ3v) is 6.39. The van der Waals surface area contributed by atoms with E-state index in [0.29, 0.717) is 22.1 Å². The molecule has 0 spiro atoms. The summed E-state index contributed by atoms with van der Waals surface area (Å²) in [5.41, 5.74) is 4.54. The maximum Gasteiger partial charge on any atom is 0.284 e. The molecule has 4 rings (SSSR count). The number of amides is 1. The molecule has 2 aromatic carbocycles. The van der Waals surface area contributed by atoms with Gasteiger partial charge in [0.15, 0.2) is 5.13 Å². The lowest BCUT2D eigenvalue weighted by Crippen LogP contribution is -2.30. The molecular formula is C22H19N5O3S2. The fourth-order valence-electron chi connectivity index (χ4n) is 3.36. The maximum atomic E-state index is 12.4. The number of aliphatic imine (C=N–C) groups is 1. The van der Waals surface area contributed by atoms with Gasteiger partial charge in [-0.05, 0) is 48.4 Å². The smallest absolute Gasteiger partial charge is 0.284 e. The molecule has 1 aliphatic rings. The average Bonchev–Trinajstić information content (AvgIpc) is 3.37. The molecule has 10 heteroatoms. The summed E-state index contributed by atoms with van der Waals surface area (Å²) in [4.78, 5) is 23.8. The summed E-state index contributed by atoms with van der Waals surface area (Å²) in [5, 5.41) is 9.67. The summed E-state index contributed by atoms with van der Waals surface area (Å²) in [5.74, 6) is -0.762. The van der Waals surface area contributed by atoms with Crippen molar-refractivity contribution in [2.75, 3.05) is 11.2 Å². The van der Waals surface area contributed by atoms with Crippen LogP contribution in [0.1, 0.15) is 32.1 Å². The van der Waals surface area contributed by atoms with Crippen molar-refractivity contribution in [1.29, 1.82) is 5.26 Å². The van der Waals surface area contributed by atoms with E-state index in [1.165, 1.54) is 11.3 Å². The maximum absolute atomic E-state index is 12.4. The SMILES string of the molecule is Cc1sc(N(Cc2ccc3c(c2)CC=N3)c2ccc(C#N)cc2)nc1C(=O)NS(C)(=O)=O. The largest absolute Gasteiger partial charge is 0.313 e. The van der Waals surface area contributed by atoms with Gasteiger partial charge in [0.05, 0.1) is 30.1 Å². The Hall–Kier alpha value is -3.55. The zero-order valence-electron chi connectivity index (χ0n) is 17.4. The second kappa shape index (κ2) is 8.53. The van der Waals surface area contributed by atoms with Crippen molar-refractivity contribution < 1.29 is 13.2 Å². The van der Waals surface area contributed by atoms with Gasteiger partial charge in [-0.15, -0.1) is 11.3 Å². The summed E-state index contributed by atoms with van der Waals surface area (Å²) in [7, 11) is -3.70. The minimum atomic E-state index is -3.70. The Morgan fingerprint density at radius 2 is 2.00 bits per heavy atom. The second-order valence-electron chi connectivity index (χ2n) is 7.33. The molecule has 8 nitrogen and oxygen atoms in total. The number of anilines is 2. The summed E-state index contributed by atoms with van der Waals surface area (Å²) in [6, 6.07) is 15.3. The third kappa shape index (κ3) is 4.69. The average molecular weight is 466 g/mol. The van der Waals surface area contributed by atoms with Crippen LogP contribution in [0.4, 0.5) is 16.5 Å². The van der Waals surface area contributed by atoms with E-state index in [-0.39, 0.29) is 5.69 Å². The molecule has 162 valence electrons. The standard InChI is InChI=1S/C22H19N5O3S2/c1-14-20(21(28)26-32(2,29)30)25-22(31-14)27(18-6-3-15(12-23)4-7-18)13-16-5-8-19-17(11-16)9-10-24-19/h3-8,10-11H,9,13H2,1-2H3,(H,26,28). The van der Waals surface area contributed by atoms with Crippen molar-refractivity contribution in [2.45, 2.75) is 19.9 Å². The molecule has 0 fully saturated rings. The number of carbonyl (C=O) groups is 1. The first kappa shape index (κ1) is 21.7. The van der Waals surface area contributed by atoms with E-state index in [4.69, 9.17) is 5.26 Å². The number of fused-ring (bicyclic) bond motifs is 1. The Balaban J connectivity index is 1.71. The van der Waals surface area contributed by atoms with Crippen molar-refractivity contribution in [1.82, 2.24) is 9.71 Å². The van der Waals surface area contributed by atoms with Gasteiger partial charge < -0.3 is 4.90 Å². The fourth-order valence-corrected chi connectivity index (χ4v) is 4.72. The van der Waals surface area contributed by atoms with E-state index in [0.717, 1.165) is 35.2 Å². The number of nitrogens with zero attached hydrogens (tertiary/aromatic N) is 4. The van der Waals surface area contributed by atoms with Crippen LogP contribution in [0.3, 0.4) is 0 Å². The monoisotopic (exact) mass is 465 g/mol. The number of nitrogens with one attached hydrogen (secondary N) is 1. The number of aryl methyl sites for hydroxylation is 1. The summed E-state index contributed by atoms with van der Waals surface area (Å²) in [6.07, 6.45) is 3.59. The predicted octanol–water partition coefficient (Wildman–Crippen LogP) is 3.61. The Morgan fingerprint density at radius 1 is 1.25 bits per heavy atom. The van der Waals surface area contributed by atoms with E-state index >= 15 is 0 Å². The van der Waals surface area contributed by atoms with Gasteiger partial charge in [0.2, 0.25) is 10.0 Å². The molecule has 0 unspecified atom stereocenters. The molecule has 1 aliphatic heterocycles. The zero-order chi connectivity index (χ0) is 22.9. The Kier molecular flexibility index (Phi) is 5.78. The molecule has 0 saturated heterocycles. The molecule has 0 bridgehead atoms. The lowest BCUT2D eigenvalue weighted by Gasteiger charge is -2.22. The first-order valence-corrected chi connectivity index (χ1v) is 12.4. The molecule has 3 aromatic rings. The number of sulfonamides is 1. The quantitative estimate of drug-likeness (QED) is 0.595. The van der Waals surface area contributed by atoms with Crippen molar-refractivity contribution in [3.63, 3.8) is 0 Å². The number of thiazole rings is 1. The van der Waals surface area contributed by atoms with E-state index in [1.807, 2.05) is 40.1 Å². The van der Waals surface area contributed by atoms with Crippen LogP contribution < -0.4 is 9.62 Å². The molecule has 1 amide bonds. The Morgan fingerprint density at radius 3 is 2.69 bits per heavy atom. The van der Waals surface area contributed by atoms with Crippen LogP contribution in [0.15, 0.2) is 47.5 Å². The summed E-state index contributed by atoms with van der Waals surface area (Å²) >= 11 is 1.30. The minimum Gasteiger partial charge on any atom is -0.313 e. The molecule has 0 saturated carbocycles. The van der Waals surface area contributed by atoms with Crippen LogP contribution in [-0.4, -0.2) is 31.8 Å². The highest BCUT2D eigenvalue weighted by molar-refractivity contribution is 7.89. The highest BCUT2D eigenvalue weighted by Crippen LogP contribution is 2.34. The molecule has 0 atom stereocenters. The molecule has 0 aliphatic carbocycles. The van der Waals surface area contributed by atoms with Gasteiger partial charge >= 0.3 is 0 Å². The number of carbonyl (C=O) groups excluding carboxylic acids is 1. The Labute approximate surface area is 189 Å². The second-order valence-corrected chi connectivity index (χ2v) is 10.3. The topological polar surface area (TPSA) is 116 Å². The molecule has 0 radical (unpaired) electrons. The van der Waals surface area contributed by atoms with Crippen LogP contribution in [-0.2, 0) is 23.0 Å². The number of nitriles is 1. The zero-order valence-corrected chi connectivity index (χ0v) is 19.0. The van der Waals surface area contributed by atoms with E-state index in [9.17, 15) is 13.2 Å². The van der Waals surface area contributed by atoms with Crippen molar-refractivity contribution in [2.24, 2.45) is 4.99 Å². The summed E-state index contributed by atoms with van der Waals surface area (Å²) in [6.45, 7) is 2.20. The number of hydrogen-bond donors (Lipinski definition) is 1. The normalized spacial score (nSPS) is 12.3. The van der Waals surface area contributed by atoms with E-state index < -0.39 is 15.9 Å². The molecule has 1 N–H and O–H groups in total. The van der Waals surface area contributed by atoms with Gasteiger partial charge in [-0.1, -0.05) is 12.1 Å². The predicted molar refractivity (Wildman–Crippen MR) is 124 cm³/mol. The van der Waals surface area contributed by atoms with Crippen LogP contribution in [0.2, 0.25) is 0 Å². The molecular weight excluding hydrogens is 446 g/mol. The van der Waals surface area contributed by atoms with Gasteiger partial charge in [-0.2, -0.15) is 5.26 Å². The minimum absolute atomic E-state index is 0.0661. The first-order valence-electron chi connectivity index (χ1n) is 9.65. The lowest BCUT2D eigenvalue weighted by atomic mass is 10.1. The fraction of sp³-hybridized carbons (Fsp3) is 0.182. The van der Waals surface area contributed by atoms with Crippen molar-refractivity contribution in [3.8, 4) is 6.07 Å². The van der Waals surface area contributed by atoms with Gasteiger partial charge in [0.25, 0.3) is 5.91 Å². The third-order valence-electron chi connectivity index (χ3n) is 4.84. The van der Waals surface area contributed by atoms with Gasteiger partial charge in [-0.25, -0.2) is 18.1 Å². The van der Waals surface area contributed by atoms with E-state index in [1.54, 1.807) is 19.1 Å². The highest BCUT2D eigenvalue weighted by atomic mass is 32.2. The van der Waals surface area contributed by atoms with Crippen LogP contribution in [0.5, 0.6) is 0 Å². The van der Waals surface area contributed by atoms with Gasteiger partial charge in [-0.3, -0.25) is 9.79 Å². The number of aromatic nitrogens is 1. The molecule has 2 heterocycles. The molecule has 1 aromatic heterocycles. The van der Waals surface area contributed by atoms with Gasteiger partial charge in [0.1, 0.15) is 5.69 Å². The number of benzene rings is 2. The molecule has 32 heavy (non-hydrogen) atoms. The first-order chi connectivity index (χ1) is 15.2. The van der Waals surface area contributed by atoms with Crippen LogP contribution >= 0.6 is 11.3 Å². The lowest BCUT2D eigenvalue weighted by molar-refractivity contribution is 0.0977. The number of hydrogen-bond acceptors (Lipinski definition) is 8. The van der Waals surface area contributed by atoms with Crippen LogP contribution in [0.25, 0.3) is 0 Å².